The van der Waals surface area contributed by atoms with Crippen LogP contribution in [-0.2, 0) is 9.53 Å². The largest absolute Gasteiger partial charge is 0.481 e. The van der Waals surface area contributed by atoms with Crippen molar-refractivity contribution in [1.29, 1.82) is 0 Å². The molecule has 2 atom stereocenters. The van der Waals surface area contributed by atoms with E-state index in [0.29, 0.717) is 13.0 Å². The number of nitrogens with zero attached hydrogens (tertiary/aromatic N) is 1. The van der Waals surface area contributed by atoms with Crippen LogP contribution in [-0.4, -0.2) is 22.7 Å². The minimum Gasteiger partial charge on any atom is -0.481 e. The van der Waals surface area contributed by atoms with Crippen molar-refractivity contribution in [2.45, 2.75) is 18.9 Å². The summed E-state index contributed by atoms with van der Waals surface area (Å²) in [5.74, 6) is -1.19. The molecule has 2 unspecified atom stereocenters. The summed E-state index contributed by atoms with van der Waals surface area (Å²) >= 11 is 1.45. The van der Waals surface area contributed by atoms with Crippen molar-refractivity contribution in [3.63, 3.8) is 0 Å². The highest BCUT2D eigenvalue weighted by Crippen LogP contribution is 2.35. The lowest BCUT2D eigenvalue weighted by atomic mass is 9.94. The fourth-order valence-electron chi connectivity index (χ4n) is 1.68. The van der Waals surface area contributed by atoms with Crippen LogP contribution in [0.15, 0.2) is 11.7 Å². The van der Waals surface area contributed by atoms with Crippen LogP contribution in [0.25, 0.3) is 0 Å². The molecule has 0 aliphatic carbocycles. The summed E-state index contributed by atoms with van der Waals surface area (Å²) < 4.78 is 5.49. The van der Waals surface area contributed by atoms with Crippen LogP contribution in [0.3, 0.4) is 0 Å². The van der Waals surface area contributed by atoms with E-state index < -0.39 is 11.9 Å². The van der Waals surface area contributed by atoms with E-state index in [9.17, 15) is 4.79 Å². The maximum absolute atomic E-state index is 11.0. The van der Waals surface area contributed by atoms with Crippen molar-refractivity contribution < 1.29 is 14.6 Å². The zero-order valence-electron chi connectivity index (χ0n) is 7.55. The molecule has 1 aliphatic heterocycles. The molecule has 2 heterocycles. The van der Waals surface area contributed by atoms with Gasteiger partial charge in [-0.2, -0.15) is 0 Å². The molecule has 0 spiro atoms. The Morgan fingerprint density at radius 3 is 3.21 bits per heavy atom. The van der Waals surface area contributed by atoms with Gasteiger partial charge in [0.05, 0.1) is 16.3 Å². The predicted octanol–water partition coefficient (Wildman–Crippen LogP) is 1.70. The molecule has 1 fully saturated rings. The molecule has 1 N–H and O–H groups in total. The second kappa shape index (κ2) is 4.06. The predicted molar refractivity (Wildman–Crippen MR) is 51.2 cm³/mol. The number of rotatable bonds is 2. The van der Waals surface area contributed by atoms with Crippen LogP contribution in [0.2, 0.25) is 0 Å². The van der Waals surface area contributed by atoms with E-state index >= 15 is 0 Å². The smallest absolute Gasteiger partial charge is 0.309 e. The summed E-state index contributed by atoms with van der Waals surface area (Å²) in [5, 5.41) is 9.01. The monoisotopic (exact) mass is 213 g/mol. The molecule has 0 aromatic carbocycles. The number of aliphatic carboxylic acids is 1. The SMILES string of the molecule is O=C(O)C1CCCOC1c1cncs1. The topological polar surface area (TPSA) is 59.4 Å². The van der Waals surface area contributed by atoms with Crippen molar-refractivity contribution >= 4 is 17.3 Å². The second-order valence-electron chi connectivity index (χ2n) is 3.28. The lowest BCUT2D eigenvalue weighted by Gasteiger charge is -2.27. The number of hydrogen-bond donors (Lipinski definition) is 1. The Bertz CT molecular complexity index is 312. The number of ether oxygens (including phenoxy) is 1. The van der Waals surface area contributed by atoms with Gasteiger partial charge in [-0.05, 0) is 12.8 Å². The molecular weight excluding hydrogens is 202 g/mol. The van der Waals surface area contributed by atoms with Gasteiger partial charge in [0.2, 0.25) is 0 Å². The first-order valence-electron chi connectivity index (χ1n) is 4.52. The average molecular weight is 213 g/mol. The summed E-state index contributed by atoms with van der Waals surface area (Å²) in [6.07, 6.45) is 2.91. The fraction of sp³-hybridized carbons (Fsp3) is 0.556. The molecular formula is C9H11NO3S. The number of carbonyl (C=O) groups is 1. The lowest BCUT2D eigenvalue weighted by Crippen LogP contribution is -2.28. The highest BCUT2D eigenvalue weighted by Gasteiger charge is 2.33. The molecule has 76 valence electrons. The molecule has 0 bridgehead atoms. The van der Waals surface area contributed by atoms with Gasteiger partial charge in [-0.15, -0.1) is 11.3 Å². The van der Waals surface area contributed by atoms with Gasteiger partial charge in [0.15, 0.2) is 0 Å². The highest BCUT2D eigenvalue weighted by molar-refractivity contribution is 7.09. The first kappa shape index (κ1) is 9.61. The summed E-state index contributed by atoms with van der Waals surface area (Å²) in [5.41, 5.74) is 1.70. The lowest BCUT2D eigenvalue weighted by molar-refractivity contribution is -0.151. The Morgan fingerprint density at radius 2 is 2.57 bits per heavy atom. The van der Waals surface area contributed by atoms with E-state index in [1.165, 1.54) is 11.3 Å². The van der Waals surface area contributed by atoms with E-state index in [0.717, 1.165) is 11.3 Å². The van der Waals surface area contributed by atoms with Crippen LogP contribution in [0.5, 0.6) is 0 Å². The summed E-state index contributed by atoms with van der Waals surface area (Å²) in [4.78, 5) is 15.8. The van der Waals surface area contributed by atoms with Gasteiger partial charge in [0, 0.05) is 12.8 Å². The van der Waals surface area contributed by atoms with E-state index in [4.69, 9.17) is 9.84 Å². The summed E-state index contributed by atoms with van der Waals surface area (Å²) in [7, 11) is 0. The Kier molecular flexibility index (Phi) is 2.79. The van der Waals surface area contributed by atoms with Gasteiger partial charge < -0.3 is 9.84 Å². The van der Waals surface area contributed by atoms with Crippen molar-refractivity contribution in [3.8, 4) is 0 Å². The quantitative estimate of drug-likeness (QED) is 0.812. The fourth-order valence-corrected chi connectivity index (χ4v) is 2.41. The Hall–Kier alpha value is -0.940. The van der Waals surface area contributed by atoms with E-state index in [1.54, 1.807) is 11.7 Å². The number of hydrogen-bond acceptors (Lipinski definition) is 4. The van der Waals surface area contributed by atoms with E-state index in [1.807, 2.05) is 0 Å². The van der Waals surface area contributed by atoms with Gasteiger partial charge in [0.25, 0.3) is 0 Å². The first-order chi connectivity index (χ1) is 6.79. The van der Waals surface area contributed by atoms with Gasteiger partial charge in [-0.3, -0.25) is 9.78 Å². The van der Waals surface area contributed by atoms with Crippen molar-refractivity contribution in [1.82, 2.24) is 4.98 Å². The van der Waals surface area contributed by atoms with Crippen LogP contribution in [0, 0.1) is 5.92 Å². The third-order valence-corrected chi connectivity index (χ3v) is 3.21. The first-order valence-corrected chi connectivity index (χ1v) is 5.40. The van der Waals surface area contributed by atoms with Gasteiger partial charge in [-0.1, -0.05) is 0 Å². The number of carboxylic acid groups (broad SMARTS) is 1. The Morgan fingerprint density at radius 1 is 1.71 bits per heavy atom. The normalized spacial score (nSPS) is 27.4. The zero-order valence-corrected chi connectivity index (χ0v) is 8.37. The van der Waals surface area contributed by atoms with Crippen LogP contribution < -0.4 is 0 Å². The maximum atomic E-state index is 11.0. The molecule has 0 radical (unpaired) electrons. The zero-order chi connectivity index (χ0) is 9.97. The number of thiazole rings is 1. The van der Waals surface area contributed by atoms with Crippen LogP contribution >= 0.6 is 11.3 Å². The summed E-state index contributed by atoms with van der Waals surface area (Å²) in [6.45, 7) is 0.645. The minimum absolute atomic E-state index is 0.297. The third-order valence-electron chi connectivity index (χ3n) is 2.37. The molecule has 0 amide bonds. The van der Waals surface area contributed by atoms with Gasteiger partial charge >= 0.3 is 5.97 Å². The molecule has 1 aliphatic rings. The van der Waals surface area contributed by atoms with Crippen LogP contribution in [0.4, 0.5) is 0 Å². The van der Waals surface area contributed by atoms with E-state index in [2.05, 4.69) is 4.98 Å². The minimum atomic E-state index is -0.775. The summed E-state index contributed by atoms with van der Waals surface area (Å²) in [6, 6.07) is 0. The third kappa shape index (κ3) is 1.78. The van der Waals surface area contributed by atoms with Gasteiger partial charge in [0.1, 0.15) is 6.10 Å². The maximum Gasteiger partial charge on any atom is 0.309 e. The molecule has 1 aromatic rings. The Balaban J connectivity index is 2.18. The van der Waals surface area contributed by atoms with Crippen molar-refractivity contribution in [3.05, 3.63) is 16.6 Å². The van der Waals surface area contributed by atoms with Crippen molar-refractivity contribution in [2.24, 2.45) is 5.92 Å². The second-order valence-corrected chi connectivity index (χ2v) is 4.20. The molecule has 4 nitrogen and oxygen atoms in total. The molecule has 1 aromatic heterocycles. The Labute approximate surface area is 85.5 Å². The average Bonchev–Trinajstić information content (AvgIpc) is 2.70. The molecule has 5 heteroatoms. The highest BCUT2D eigenvalue weighted by atomic mass is 32.1. The van der Waals surface area contributed by atoms with Crippen molar-refractivity contribution in [2.75, 3.05) is 6.61 Å². The standard InChI is InChI=1S/C9H11NO3S/c11-9(12)6-2-1-3-13-8(6)7-4-10-5-14-7/h4-6,8H,1-3H2,(H,11,12). The molecule has 0 saturated carbocycles. The molecule has 1 saturated heterocycles. The molecule has 14 heavy (non-hydrogen) atoms. The number of aromatic nitrogens is 1. The van der Waals surface area contributed by atoms with E-state index in [-0.39, 0.29) is 6.10 Å². The number of carboxylic acids is 1. The molecule has 2 rings (SSSR count). The van der Waals surface area contributed by atoms with Crippen LogP contribution in [0.1, 0.15) is 23.8 Å². The van der Waals surface area contributed by atoms with Gasteiger partial charge in [-0.25, -0.2) is 0 Å².